The van der Waals surface area contributed by atoms with Crippen molar-refractivity contribution in [1.29, 1.82) is 0 Å². The Bertz CT molecular complexity index is 302. The minimum absolute atomic E-state index is 0.0221. The van der Waals surface area contributed by atoms with Crippen molar-refractivity contribution >= 4 is 17.5 Å². The van der Waals surface area contributed by atoms with E-state index >= 15 is 0 Å². The normalized spacial score (nSPS) is 13.9. The van der Waals surface area contributed by atoms with E-state index in [4.69, 9.17) is 0 Å². The molecule has 1 N–H and O–H groups in total. The van der Waals surface area contributed by atoms with Gasteiger partial charge in [-0.15, -0.1) is 0 Å². The monoisotopic (exact) mass is 299 g/mol. The van der Waals surface area contributed by atoms with Crippen LogP contribution in [-0.2, 0) is 4.79 Å². The molecule has 0 radical (unpaired) electrons. The minimum atomic E-state index is -5.97. The van der Waals surface area contributed by atoms with Crippen LogP contribution >= 0.6 is 11.6 Å². The zero-order valence-corrected chi connectivity index (χ0v) is 10.3. The number of halogens is 7. The molecular weight excluding hydrogens is 288 g/mol. The molecule has 0 aromatic rings. The van der Waals surface area contributed by atoms with Gasteiger partial charge in [-0.05, 0) is 23.9 Å². The van der Waals surface area contributed by atoms with Gasteiger partial charge in [-0.3, -0.25) is 4.79 Å². The lowest BCUT2D eigenvalue weighted by Crippen LogP contribution is -2.59. The van der Waals surface area contributed by atoms with Gasteiger partial charge >= 0.3 is 17.2 Å². The summed E-state index contributed by atoms with van der Waals surface area (Å²) in [6.45, 7) is 3.08. The standard InChI is InChI=1S/C9H12ClF6NO/c1-5(2)3-4-17-6(18)7(11,12)8(13,14)9(10,15)16/h5H,3-4H2,1-2H3,(H,17,18). The lowest BCUT2D eigenvalue weighted by molar-refractivity contribution is -0.269. The Morgan fingerprint density at radius 3 is 1.94 bits per heavy atom. The van der Waals surface area contributed by atoms with Gasteiger partial charge in [0, 0.05) is 6.54 Å². The molecular formula is C9H12ClF6NO. The fourth-order valence-electron chi connectivity index (χ4n) is 0.906. The van der Waals surface area contributed by atoms with Crippen LogP contribution in [0.4, 0.5) is 26.3 Å². The molecule has 0 spiro atoms. The predicted octanol–water partition coefficient (Wildman–Crippen LogP) is 3.25. The van der Waals surface area contributed by atoms with E-state index in [2.05, 4.69) is 11.6 Å². The molecule has 0 saturated carbocycles. The van der Waals surface area contributed by atoms with Crippen LogP contribution in [0.3, 0.4) is 0 Å². The number of rotatable bonds is 6. The highest BCUT2D eigenvalue weighted by atomic mass is 35.5. The third-order valence-electron chi connectivity index (χ3n) is 2.04. The molecule has 0 aliphatic carbocycles. The number of amides is 1. The predicted molar refractivity (Wildman–Crippen MR) is 53.2 cm³/mol. The largest absolute Gasteiger partial charge is 0.395 e. The number of carbonyl (C=O) groups excluding carboxylic acids is 1. The first-order chi connectivity index (χ1) is 7.84. The zero-order chi connectivity index (χ0) is 14.8. The maximum Gasteiger partial charge on any atom is 0.395 e. The van der Waals surface area contributed by atoms with Crippen molar-refractivity contribution in [1.82, 2.24) is 5.32 Å². The van der Waals surface area contributed by atoms with Crippen LogP contribution in [0, 0.1) is 5.92 Å². The molecule has 0 aromatic heterocycles. The molecule has 18 heavy (non-hydrogen) atoms. The summed E-state index contributed by atoms with van der Waals surface area (Å²) in [5.74, 6) is -14.0. The van der Waals surface area contributed by atoms with E-state index in [1.807, 2.05) is 0 Å². The van der Waals surface area contributed by atoms with Crippen molar-refractivity contribution < 1.29 is 31.1 Å². The fourth-order valence-corrected chi connectivity index (χ4v) is 1.02. The van der Waals surface area contributed by atoms with Crippen molar-refractivity contribution in [2.24, 2.45) is 5.92 Å². The molecule has 0 bridgehead atoms. The van der Waals surface area contributed by atoms with Crippen LogP contribution < -0.4 is 5.32 Å². The highest BCUT2D eigenvalue weighted by molar-refractivity contribution is 6.22. The summed E-state index contributed by atoms with van der Waals surface area (Å²) in [5, 5.41) is -4.05. The van der Waals surface area contributed by atoms with Gasteiger partial charge in [-0.25, -0.2) is 0 Å². The first kappa shape index (κ1) is 17.3. The minimum Gasteiger partial charge on any atom is -0.351 e. The van der Waals surface area contributed by atoms with Crippen LogP contribution in [0.2, 0.25) is 0 Å². The van der Waals surface area contributed by atoms with Crippen molar-refractivity contribution in [2.45, 2.75) is 37.5 Å². The lowest BCUT2D eigenvalue weighted by Gasteiger charge is -2.28. The Hall–Kier alpha value is -0.660. The second-order valence-electron chi connectivity index (χ2n) is 4.08. The number of hydrogen-bond acceptors (Lipinski definition) is 1. The Morgan fingerprint density at radius 1 is 1.17 bits per heavy atom. The molecule has 0 heterocycles. The summed E-state index contributed by atoms with van der Waals surface area (Å²) >= 11 is 3.89. The van der Waals surface area contributed by atoms with E-state index in [1.165, 1.54) is 5.32 Å². The van der Waals surface area contributed by atoms with Crippen molar-refractivity contribution in [3.05, 3.63) is 0 Å². The van der Waals surface area contributed by atoms with Gasteiger partial charge in [0.05, 0.1) is 0 Å². The summed E-state index contributed by atoms with van der Waals surface area (Å²) < 4.78 is 75.4. The zero-order valence-electron chi connectivity index (χ0n) is 9.55. The molecule has 0 aromatic carbocycles. The smallest absolute Gasteiger partial charge is 0.351 e. The molecule has 0 unspecified atom stereocenters. The van der Waals surface area contributed by atoms with Crippen LogP contribution in [0.25, 0.3) is 0 Å². The molecule has 0 aliphatic rings. The Labute approximate surface area is 105 Å². The Kier molecular flexibility index (Phi) is 5.34. The molecule has 2 nitrogen and oxygen atoms in total. The Balaban J connectivity index is 4.77. The number of alkyl halides is 7. The van der Waals surface area contributed by atoms with Gasteiger partial charge in [0.2, 0.25) is 0 Å². The maximum absolute atomic E-state index is 12.9. The van der Waals surface area contributed by atoms with Gasteiger partial charge in [0.25, 0.3) is 5.91 Å². The van der Waals surface area contributed by atoms with Crippen molar-refractivity contribution in [3.8, 4) is 0 Å². The molecule has 0 fully saturated rings. The first-order valence-electron chi connectivity index (χ1n) is 4.94. The first-order valence-corrected chi connectivity index (χ1v) is 5.32. The third-order valence-corrected chi connectivity index (χ3v) is 2.28. The Morgan fingerprint density at radius 2 is 1.61 bits per heavy atom. The number of hydrogen-bond donors (Lipinski definition) is 1. The van der Waals surface area contributed by atoms with Gasteiger partial charge < -0.3 is 5.32 Å². The van der Waals surface area contributed by atoms with Gasteiger partial charge in [-0.1, -0.05) is 13.8 Å². The van der Waals surface area contributed by atoms with Crippen LogP contribution in [-0.4, -0.2) is 29.7 Å². The fraction of sp³-hybridized carbons (Fsp3) is 0.889. The quantitative estimate of drug-likeness (QED) is 0.592. The van der Waals surface area contributed by atoms with E-state index in [0.717, 1.165) is 0 Å². The van der Waals surface area contributed by atoms with E-state index in [0.29, 0.717) is 0 Å². The van der Waals surface area contributed by atoms with Gasteiger partial charge in [0.15, 0.2) is 0 Å². The summed E-state index contributed by atoms with van der Waals surface area (Å²) in [7, 11) is 0. The molecule has 0 rings (SSSR count). The summed E-state index contributed by atoms with van der Waals surface area (Å²) in [6.07, 6.45) is 0.241. The summed E-state index contributed by atoms with van der Waals surface area (Å²) in [4.78, 5) is 10.8. The highest BCUT2D eigenvalue weighted by Crippen LogP contribution is 2.47. The average Bonchev–Trinajstić information content (AvgIpc) is 2.14. The van der Waals surface area contributed by atoms with Crippen LogP contribution in [0.1, 0.15) is 20.3 Å². The van der Waals surface area contributed by atoms with E-state index in [9.17, 15) is 31.1 Å². The number of nitrogens with one attached hydrogen (secondary N) is 1. The van der Waals surface area contributed by atoms with E-state index < -0.39 is 23.1 Å². The van der Waals surface area contributed by atoms with E-state index in [-0.39, 0.29) is 18.9 Å². The van der Waals surface area contributed by atoms with Crippen LogP contribution in [0.15, 0.2) is 0 Å². The van der Waals surface area contributed by atoms with Crippen LogP contribution in [0.5, 0.6) is 0 Å². The number of carbonyl (C=O) groups is 1. The SMILES string of the molecule is CC(C)CCNC(=O)C(F)(F)C(F)(F)C(F)(F)Cl. The second kappa shape index (κ2) is 5.54. The lowest BCUT2D eigenvalue weighted by atomic mass is 10.1. The third kappa shape index (κ3) is 3.66. The maximum atomic E-state index is 12.9. The summed E-state index contributed by atoms with van der Waals surface area (Å²) in [6, 6.07) is 0. The van der Waals surface area contributed by atoms with Gasteiger partial charge in [-0.2, -0.15) is 26.3 Å². The highest BCUT2D eigenvalue weighted by Gasteiger charge is 2.74. The van der Waals surface area contributed by atoms with Crippen molar-refractivity contribution in [3.63, 3.8) is 0 Å². The van der Waals surface area contributed by atoms with Gasteiger partial charge in [0.1, 0.15) is 0 Å². The summed E-state index contributed by atoms with van der Waals surface area (Å²) in [5.41, 5.74) is 0. The molecule has 1 amide bonds. The van der Waals surface area contributed by atoms with Crippen molar-refractivity contribution in [2.75, 3.05) is 6.54 Å². The second-order valence-corrected chi connectivity index (χ2v) is 4.56. The molecule has 108 valence electrons. The molecule has 0 atom stereocenters. The molecule has 0 saturated heterocycles. The molecule has 9 heteroatoms. The van der Waals surface area contributed by atoms with E-state index in [1.54, 1.807) is 13.8 Å². The average molecular weight is 300 g/mol. The topological polar surface area (TPSA) is 29.1 Å². The molecule has 0 aliphatic heterocycles.